The predicted molar refractivity (Wildman–Crippen MR) is 119 cm³/mol. The summed E-state index contributed by atoms with van der Waals surface area (Å²) in [6, 6.07) is 12.7. The number of halogens is 1. The van der Waals surface area contributed by atoms with Gasteiger partial charge in [0.25, 0.3) is 0 Å². The van der Waals surface area contributed by atoms with Gasteiger partial charge in [-0.15, -0.1) is 11.3 Å². The summed E-state index contributed by atoms with van der Waals surface area (Å²) >= 11 is 7.71. The molecule has 0 saturated carbocycles. The number of methoxy groups -OCH3 is 1. The van der Waals surface area contributed by atoms with Crippen LogP contribution in [-0.2, 0) is 11.2 Å². The number of benzene rings is 2. The molecule has 0 spiro atoms. The van der Waals surface area contributed by atoms with Gasteiger partial charge in [0.2, 0.25) is 5.91 Å². The largest absolute Gasteiger partial charge is 0.496 e. The van der Waals surface area contributed by atoms with E-state index in [1.165, 1.54) is 6.08 Å². The number of hydrogen-bond acceptors (Lipinski definition) is 4. The van der Waals surface area contributed by atoms with Crippen LogP contribution in [0.2, 0.25) is 5.02 Å². The van der Waals surface area contributed by atoms with Crippen LogP contribution in [-0.4, -0.2) is 18.8 Å². The van der Waals surface area contributed by atoms with E-state index in [9.17, 15) is 9.59 Å². The molecule has 0 fully saturated rings. The van der Waals surface area contributed by atoms with Crippen molar-refractivity contribution in [1.29, 1.82) is 0 Å². The first-order valence-corrected chi connectivity index (χ1v) is 10.2. The highest BCUT2D eigenvalue weighted by Crippen LogP contribution is 2.44. The fraction of sp³-hybridized carbons (Fsp3) is 0.130. The van der Waals surface area contributed by atoms with Gasteiger partial charge in [0.1, 0.15) is 5.75 Å². The summed E-state index contributed by atoms with van der Waals surface area (Å²) < 4.78 is 5.54. The topological polar surface area (TPSA) is 69.4 Å². The molecule has 29 heavy (non-hydrogen) atoms. The van der Waals surface area contributed by atoms with Gasteiger partial charge < -0.3 is 10.5 Å². The minimum Gasteiger partial charge on any atom is -0.496 e. The Morgan fingerprint density at radius 2 is 1.90 bits per heavy atom. The number of allylic oxidation sites excluding steroid dienone is 1. The zero-order valence-corrected chi connectivity index (χ0v) is 17.5. The Kier molecular flexibility index (Phi) is 6.52. The van der Waals surface area contributed by atoms with Crippen molar-refractivity contribution < 1.29 is 14.3 Å². The second-order valence-corrected chi connectivity index (χ2v) is 7.80. The average Bonchev–Trinajstić information content (AvgIpc) is 3.15. The van der Waals surface area contributed by atoms with Crippen molar-refractivity contribution >= 4 is 34.6 Å². The number of rotatable bonds is 8. The summed E-state index contributed by atoms with van der Waals surface area (Å²) in [6.07, 6.45) is 2.32. The third-order valence-corrected chi connectivity index (χ3v) is 5.89. The van der Waals surface area contributed by atoms with Crippen LogP contribution in [0.3, 0.4) is 0 Å². The van der Waals surface area contributed by atoms with E-state index in [0.717, 1.165) is 27.1 Å². The number of amides is 1. The van der Waals surface area contributed by atoms with E-state index in [-0.39, 0.29) is 5.78 Å². The molecular weight excluding hydrogens is 406 g/mol. The van der Waals surface area contributed by atoms with Gasteiger partial charge in [-0.3, -0.25) is 9.59 Å². The summed E-state index contributed by atoms with van der Waals surface area (Å²) in [5, 5.41) is 2.64. The summed E-state index contributed by atoms with van der Waals surface area (Å²) in [7, 11) is 1.60. The summed E-state index contributed by atoms with van der Waals surface area (Å²) in [5.74, 6) is 0.191. The van der Waals surface area contributed by atoms with Gasteiger partial charge >= 0.3 is 0 Å². The lowest BCUT2D eigenvalue weighted by Crippen LogP contribution is -2.10. The maximum absolute atomic E-state index is 11.8. The molecular formula is C23H20ClNO3S. The second kappa shape index (κ2) is 9.07. The average molecular weight is 426 g/mol. The van der Waals surface area contributed by atoms with Gasteiger partial charge in [-0.1, -0.05) is 30.3 Å². The number of carbonyl (C=O) groups excluding carboxylic acids is 2. The number of nitrogens with two attached hydrogens (primary N) is 1. The zero-order valence-electron chi connectivity index (χ0n) is 15.9. The van der Waals surface area contributed by atoms with Crippen molar-refractivity contribution in [3.63, 3.8) is 0 Å². The fourth-order valence-electron chi connectivity index (χ4n) is 3.12. The molecule has 3 rings (SSSR count). The highest BCUT2D eigenvalue weighted by atomic mass is 35.5. The van der Waals surface area contributed by atoms with Gasteiger partial charge in [-0.2, -0.15) is 0 Å². The van der Waals surface area contributed by atoms with Crippen molar-refractivity contribution in [2.75, 3.05) is 7.11 Å². The number of aryl methyl sites for hydroxylation is 1. The van der Waals surface area contributed by atoms with Crippen LogP contribution in [0.15, 0.2) is 60.5 Å². The number of carbonyl (C=O) groups is 2. The van der Waals surface area contributed by atoms with Crippen molar-refractivity contribution in [3.05, 3.63) is 76.0 Å². The molecule has 2 N–H and O–H groups in total. The lowest BCUT2D eigenvalue weighted by molar-refractivity contribution is -0.114. The van der Waals surface area contributed by atoms with E-state index in [1.807, 2.05) is 24.3 Å². The SMILES string of the molecule is C=CC(=O)CCc1scc(-c2ccc(Cl)cc2OC)c1-c1ccc(C(N)=O)cc1. The number of primary amides is 1. The first kappa shape index (κ1) is 20.8. The lowest BCUT2D eigenvalue weighted by Gasteiger charge is -2.12. The molecule has 1 amide bonds. The molecule has 1 aromatic heterocycles. The van der Waals surface area contributed by atoms with E-state index in [1.54, 1.807) is 36.6 Å². The second-order valence-electron chi connectivity index (χ2n) is 6.40. The molecule has 0 bridgehead atoms. The van der Waals surface area contributed by atoms with Crippen LogP contribution in [0, 0.1) is 0 Å². The first-order valence-electron chi connectivity index (χ1n) is 8.94. The molecule has 0 radical (unpaired) electrons. The molecule has 0 atom stereocenters. The molecule has 6 heteroatoms. The van der Waals surface area contributed by atoms with E-state index in [0.29, 0.717) is 29.2 Å². The maximum Gasteiger partial charge on any atom is 0.248 e. The summed E-state index contributed by atoms with van der Waals surface area (Å²) in [6.45, 7) is 3.54. The molecule has 4 nitrogen and oxygen atoms in total. The number of ketones is 1. The van der Waals surface area contributed by atoms with Crippen LogP contribution in [0.1, 0.15) is 21.7 Å². The van der Waals surface area contributed by atoms with E-state index in [4.69, 9.17) is 22.1 Å². The minimum absolute atomic E-state index is 0.000880. The van der Waals surface area contributed by atoms with Gasteiger partial charge in [-0.25, -0.2) is 0 Å². The number of thiophene rings is 1. The van der Waals surface area contributed by atoms with Crippen LogP contribution < -0.4 is 10.5 Å². The van der Waals surface area contributed by atoms with Crippen molar-refractivity contribution in [2.24, 2.45) is 5.73 Å². The quantitative estimate of drug-likeness (QED) is 0.482. The van der Waals surface area contributed by atoms with Crippen molar-refractivity contribution in [3.8, 4) is 28.0 Å². The molecule has 148 valence electrons. The Bertz CT molecular complexity index is 1070. The molecule has 0 aliphatic carbocycles. The Morgan fingerprint density at radius 3 is 2.52 bits per heavy atom. The molecule has 0 saturated heterocycles. The standard InChI is InChI=1S/C23H20ClNO3S/c1-3-17(26)9-11-21-22(14-4-6-15(7-5-14)23(25)27)19(13-29-21)18-10-8-16(24)12-20(18)28-2/h3-8,10,12-13H,1,9,11H2,2H3,(H2,25,27). The third kappa shape index (κ3) is 4.58. The summed E-state index contributed by atoms with van der Waals surface area (Å²) in [5.41, 5.74) is 9.64. The predicted octanol–water partition coefficient (Wildman–Crippen LogP) is 5.53. The monoisotopic (exact) mass is 425 g/mol. The smallest absolute Gasteiger partial charge is 0.248 e. The van der Waals surface area contributed by atoms with Crippen molar-refractivity contribution in [1.82, 2.24) is 0 Å². The Hall–Kier alpha value is -2.89. The van der Waals surface area contributed by atoms with Gasteiger partial charge in [0, 0.05) is 38.6 Å². The minimum atomic E-state index is -0.474. The lowest BCUT2D eigenvalue weighted by atomic mass is 9.94. The highest BCUT2D eigenvalue weighted by molar-refractivity contribution is 7.11. The molecule has 0 aliphatic rings. The van der Waals surface area contributed by atoms with Crippen LogP contribution in [0.4, 0.5) is 0 Å². The normalized spacial score (nSPS) is 10.6. The zero-order chi connectivity index (χ0) is 21.0. The summed E-state index contributed by atoms with van der Waals surface area (Å²) in [4.78, 5) is 24.3. The Morgan fingerprint density at radius 1 is 1.17 bits per heavy atom. The molecule has 2 aromatic carbocycles. The van der Waals surface area contributed by atoms with Gasteiger partial charge in [0.15, 0.2) is 5.78 Å². The van der Waals surface area contributed by atoms with E-state index < -0.39 is 5.91 Å². The van der Waals surface area contributed by atoms with E-state index in [2.05, 4.69) is 12.0 Å². The van der Waals surface area contributed by atoms with Crippen LogP contribution in [0.25, 0.3) is 22.3 Å². The molecule has 0 aliphatic heterocycles. The van der Waals surface area contributed by atoms with Gasteiger partial charge in [-0.05, 0) is 53.8 Å². The number of ether oxygens (including phenoxy) is 1. The number of hydrogen-bond donors (Lipinski definition) is 1. The van der Waals surface area contributed by atoms with Gasteiger partial charge in [0.05, 0.1) is 7.11 Å². The Balaban J connectivity index is 2.14. The molecule has 1 heterocycles. The van der Waals surface area contributed by atoms with Crippen LogP contribution >= 0.6 is 22.9 Å². The van der Waals surface area contributed by atoms with Crippen LogP contribution in [0.5, 0.6) is 5.75 Å². The fourth-order valence-corrected chi connectivity index (χ4v) is 4.36. The molecule has 0 unspecified atom stereocenters. The maximum atomic E-state index is 11.8. The molecule has 3 aromatic rings. The first-order chi connectivity index (χ1) is 13.9. The highest BCUT2D eigenvalue weighted by Gasteiger charge is 2.19. The Labute approximate surface area is 178 Å². The third-order valence-electron chi connectivity index (χ3n) is 4.61. The van der Waals surface area contributed by atoms with E-state index >= 15 is 0 Å². The van der Waals surface area contributed by atoms with Crippen molar-refractivity contribution in [2.45, 2.75) is 12.8 Å².